The molecule has 1 N–H and O–H groups in total. The summed E-state index contributed by atoms with van der Waals surface area (Å²) < 4.78 is 31.3. The largest absolute Gasteiger partial charge is 0.490 e. The summed E-state index contributed by atoms with van der Waals surface area (Å²) in [5, 5.41) is 10.9. The van der Waals surface area contributed by atoms with Gasteiger partial charge in [0, 0.05) is 6.07 Å². The molecule has 108 valence electrons. The molecule has 0 atom stereocenters. The van der Waals surface area contributed by atoms with Crippen LogP contribution in [-0.2, 0) is 10.0 Å². The van der Waals surface area contributed by atoms with Crippen molar-refractivity contribution in [2.75, 3.05) is 7.11 Å². The third-order valence-corrected chi connectivity index (χ3v) is 4.06. The van der Waals surface area contributed by atoms with Crippen LogP contribution in [0.25, 0.3) is 0 Å². The number of hydrogen-bond donors (Lipinski definition) is 1. The first-order chi connectivity index (χ1) is 9.13. The van der Waals surface area contributed by atoms with E-state index in [1.54, 1.807) is 0 Å². The van der Waals surface area contributed by atoms with Gasteiger partial charge in [-0.25, -0.2) is 8.42 Å². The minimum atomic E-state index is -3.96. The van der Waals surface area contributed by atoms with E-state index in [0.29, 0.717) is 0 Å². The molecular formula is C12H14N2O5S. The fourth-order valence-corrected chi connectivity index (χ4v) is 2.77. The minimum absolute atomic E-state index is 0.0230. The second-order valence-corrected chi connectivity index (χ2v) is 6.15. The van der Waals surface area contributed by atoms with E-state index in [1.807, 2.05) is 0 Å². The second-order valence-electron chi connectivity index (χ2n) is 4.47. The fourth-order valence-electron chi connectivity index (χ4n) is 1.40. The number of nitrogens with one attached hydrogen (secondary N) is 1. The van der Waals surface area contributed by atoms with Crippen molar-refractivity contribution in [2.45, 2.75) is 24.3 Å². The normalized spacial score (nSPS) is 11.7. The first-order valence-electron chi connectivity index (χ1n) is 5.47. The highest BCUT2D eigenvalue weighted by Gasteiger charge is 2.27. The number of sulfonamides is 1. The van der Waals surface area contributed by atoms with Crippen molar-refractivity contribution in [3.63, 3.8) is 0 Å². The van der Waals surface area contributed by atoms with Crippen molar-refractivity contribution in [3.8, 4) is 18.1 Å². The summed E-state index contributed by atoms with van der Waals surface area (Å²) in [7, 11) is -2.70. The molecule has 0 bridgehead atoms. The van der Waals surface area contributed by atoms with Gasteiger partial charge in [-0.15, -0.1) is 6.42 Å². The molecule has 0 aliphatic rings. The van der Waals surface area contributed by atoms with Crippen LogP contribution in [0.15, 0.2) is 23.1 Å². The van der Waals surface area contributed by atoms with E-state index >= 15 is 0 Å². The zero-order chi connectivity index (χ0) is 15.6. The van der Waals surface area contributed by atoms with E-state index in [1.165, 1.54) is 33.1 Å². The molecule has 0 heterocycles. The van der Waals surface area contributed by atoms with Gasteiger partial charge in [0.2, 0.25) is 10.0 Å². The van der Waals surface area contributed by atoms with Gasteiger partial charge in [0.05, 0.1) is 22.5 Å². The molecule has 1 rings (SSSR count). The van der Waals surface area contributed by atoms with Gasteiger partial charge in [-0.1, -0.05) is 5.92 Å². The third-order valence-electron chi connectivity index (χ3n) is 2.41. The summed E-state index contributed by atoms with van der Waals surface area (Å²) in [5.41, 5.74) is -1.54. The summed E-state index contributed by atoms with van der Waals surface area (Å²) in [4.78, 5) is 9.90. The summed E-state index contributed by atoms with van der Waals surface area (Å²) in [6.45, 7) is 3.00. The maximum Gasteiger partial charge on any atom is 0.312 e. The summed E-state index contributed by atoms with van der Waals surface area (Å²) in [6.07, 6.45) is 5.21. The predicted octanol–water partition coefficient (Wildman–Crippen LogP) is 1.29. The molecule has 0 saturated carbocycles. The molecular weight excluding hydrogens is 284 g/mol. The zero-order valence-corrected chi connectivity index (χ0v) is 12.0. The van der Waals surface area contributed by atoms with Crippen LogP contribution in [-0.4, -0.2) is 26.0 Å². The quantitative estimate of drug-likeness (QED) is 0.502. The Kier molecular flexibility index (Phi) is 4.37. The molecule has 0 fully saturated rings. The van der Waals surface area contributed by atoms with Gasteiger partial charge >= 0.3 is 5.69 Å². The summed E-state index contributed by atoms with van der Waals surface area (Å²) >= 11 is 0. The Morgan fingerprint density at radius 2 is 2.05 bits per heavy atom. The second kappa shape index (κ2) is 5.48. The van der Waals surface area contributed by atoms with E-state index in [-0.39, 0.29) is 10.6 Å². The number of hydrogen-bond acceptors (Lipinski definition) is 5. The van der Waals surface area contributed by atoms with Crippen molar-refractivity contribution < 1.29 is 18.1 Å². The van der Waals surface area contributed by atoms with Crippen LogP contribution in [0.2, 0.25) is 0 Å². The van der Waals surface area contributed by atoms with Gasteiger partial charge in [-0.3, -0.25) is 10.1 Å². The average molecular weight is 298 g/mol. The number of benzene rings is 1. The smallest absolute Gasteiger partial charge is 0.312 e. The average Bonchev–Trinajstić information content (AvgIpc) is 2.36. The lowest BCUT2D eigenvalue weighted by atomic mass is 10.1. The van der Waals surface area contributed by atoms with Crippen LogP contribution < -0.4 is 9.46 Å². The van der Waals surface area contributed by atoms with Crippen molar-refractivity contribution >= 4 is 15.7 Å². The number of methoxy groups -OCH3 is 1. The van der Waals surface area contributed by atoms with Gasteiger partial charge in [0.25, 0.3) is 0 Å². The first-order valence-corrected chi connectivity index (χ1v) is 6.95. The standard InChI is InChI=1S/C12H14N2O5S/c1-5-12(2,3)13-20(17,18)9-6-7-11(19-4)10(8-9)14(15)16/h1,6-8,13H,2-4H3. The first kappa shape index (κ1) is 15.9. The van der Waals surface area contributed by atoms with Gasteiger partial charge in [0.1, 0.15) is 0 Å². The van der Waals surface area contributed by atoms with Crippen LogP contribution >= 0.6 is 0 Å². The highest BCUT2D eigenvalue weighted by molar-refractivity contribution is 7.89. The Morgan fingerprint density at radius 3 is 2.50 bits per heavy atom. The molecule has 0 aliphatic heterocycles. The Morgan fingerprint density at radius 1 is 1.45 bits per heavy atom. The monoisotopic (exact) mass is 298 g/mol. The van der Waals surface area contributed by atoms with E-state index in [0.717, 1.165) is 6.07 Å². The van der Waals surface area contributed by atoms with Crippen LogP contribution in [0, 0.1) is 22.5 Å². The van der Waals surface area contributed by atoms with Gasteiger partial charge in [-0.2, -0.15) is 4.72 Å². The predicted molar refractivity (Wildman–Crippen MR) is 72.9 cm³/mol. The van der Waals surface area contributed by atoms with E-state index in [2.05, 4.69) is 10.6 Å². The number of rotatable bonds is 5. The fraction of sp³-hybridized carbons (Fsp3) is 0.333. The molecule has 0 aromatic heterocycles. The molecule has 8 heteroatoms. The van der Waals surface area contributed by atoms with Crippen molar-refractivity contribution in [3.05, 3.63) is 28.3 Å². The Hall–Kier alpha value is -2.11. The van der Waals surface area contributed by atoms with E-state index < -0.39 is 26.2 Å². The Bertz CT molecular complexity index is 674. The molecule has 0 radical (unpaired) electrons. The van der Waals surface area contributed by atoms with Crippen molar-refractivity contribution in [1.82, 2.24) is 4.72 Å². The van der Waals surface area contributed by atoms with Crippen molar-refractivity contribution in [2.24, 2.45) is 0 Å². The maximum atomic E-state index is 12.1. The molecule has 1 aromatic carbocycles. The van der Waals surface area contributed by atoms with Crippen LogP contribution in [0.4, 0.5) is 5.69 Å². The van der Waals surface area contributed by atoms with Crippen molar-refractivity contribution in [1.29, 1.82) is 0 Å². The SMILES string of the molecule is C#CC(C)(C)NS(=O)(=O)c1ccc(OC)c([N+](=O)[O-])c1. The third kappa shape index (κ3) is 3.46. The van der Waals surface area contributed by atoms with E-state index in [4.69, 9.17) is 11.2 Å². The molecule has 0 aliphatic carbocycles. The molecule has 0 saturated heterocycles. The van der Waals surface area contributed by atoms with Gasteiger partial charge in [-0.05, 0) is 26.0 Å². The van der Waals surface area contributed by atoms with Gasteiger partial charge < -0.3 is 4.74 Å². The molecule has 20 heavy (non-hydrogen) atoms. The summed E-state index contributed by atoms with van der Waals surface area (Å²) in [6, 6.07) is 3.35. The van der Waals surface area contributed by atoms with E-state index in [9.17, 15) is 18.5 Å². The Balaban J connectivity index is 3.31. The van der Waals surface area contributed by atoms with Crippen LogP contribution in [0.1, 0.15) is 13.8 Å². The number of ether oxygens (including phenoxy) is 1. The lowest BCUT2D eigenvalue weighted by Gasteiger charge is -2.19. The van der Waals surface area contributed by atoms with Crippen LogP contribution in [0.3, 0.4) is 0 Å². The number of nitro groups is 1. The summed E-state index contributed by atoms with van der Waals surface area (Å²) in [5.74, 6) is 2.26. The lowest BCUT2D eigenvalue weighted by Crippen LogP contribution is -2.41. The number of nitro benzene ring substituents is 1. The Labute approximate surface area is 117 Å². The molecule has 0 amide bonds. The maximum absolute atomic E-state index is 12.1. The number of nitrogens with zero attached hydrogens (tertiary/aromatic N) is 1. The minimum Gasteiger partial charge on any atom is -0.490 e. The highest BCUT2D eigenvalue weighted by atomic mass is 32.2. The lowest BCUT2D eigenvalue weighted by molar-refractivity contribution is -0.386. The topological polar surface area (TPSA) is 98.5 Å². The molecule has 7 nitrogen and oxygen atoms in total. The highest BCUT2D eigenvalue weighted by Crippen LogP contribution is 2.29. The van der Waals surface area contributed by atoms with Crippen LogP contribution in [0.5, 0.6) is 5.75 Å². The number of terminal acetylenes is 1. The van der Waals surface area contributed by atoms with Gasteiger partial charge in [0.15, 0.2) is 5.75 Å². The zero-order valence-electron chi connectivity index (χ0n) is 11.2. The molecule has 0 unspecified atom stereocenters. The molecule has 1 aromatic rings. The molecule has 0 spiro atoms.